The normalized spacial score (nSPS) is 19.6. The van der Waals surface area contributed by atoms with E-state index in [0.29, 0.717) is 20.5 Å². The Bertz CT molecular complexity index is 1310. The second-order valence-electron chi connectivity index (χ2n) is 8.90. The molecule has 11 heteroatoms. The molecule has 1 saturated carbocycles. The number of halogens is 4. The maximum absolute atomic E-state index is 13.0. The van der Waals surface area contributed by atoms with E-state index in [4.69, 9.17) is 16.6 Å². The molecule has 2 aliphatic rings. The Morgan fingerprint density at radius 2 is 1.62 bits per heavy atom. The number of fused-ring (bicyclic) bond motifs is 1. The molecule has 34 heavy (non-hydrogen) atoms. The lowest BCUT2D eigenvalue weighted by molar-refractivity contribution is -0.0496. The zero-order valence-corrected chi connectivity index (χ0v) is 19.6. The highest BCUT2D eigenvalue weighted by atomic mass is 35.5. The van der Waals surface area contributed by atoms with Crippen LogP contribution >= 0.6 is 11.6 Å². The molecule has 3 aromatic rings. The minimum Gasteiger partial charge on any atom is -0.384 e. The molecule has 1 aliphatic heterocycles. The van der Waals surface area contributed by atoms with Crippen molar-refractivity contribution in [1.29, 1.82) is 0 Å². The molecule has 0 amide bonds. The molecule has 0 radical (unpaired) electrons. The van der Waals surface area contributed by atoms with Gasteiger partial charge in [-0.3, -0.25) is 0 Å². The monoisotopic (exact) mass is 513 g/mol. The summed E-state index contributed by atoms with van der Waals surface area (Å²) in [5.74, 6) is 1.17. The van der Waals surface area contributed by atoms with Crippen LogP contribution in [0.2, 0.25) is 5.02 Å². The number of nitrogens with zero attached hydrogens (tertiary/aromatic N) is 3. The number of aliphatic hydroxyl groups is 1. The van der Waals surface area contributed by atoms with E-state index in [1.807, 2.05) is 18.2 Å². The fourth-order valence-corrected chi connectivity index (χ4v) is 5.75. The number of hydrogen-bond donors (Lipinski definition) is 1. The minimum absolute atomic E-state index is 0.178. The summed E-state index contributed by atoms with van der Waals surface area (Å²) in [6.45, 7) is -0.410. The van der Waals surface area contributed by atoms with Crippen molar-refractivity contribution in [1.82, 2.24) is 13.9 Å². The number of aromatic nitrogens is 2. The van der Waals surface area contributed by atoms with Gasteiger partial charge in [0, 0.05) is 30.1 Å². The van der Waals surface area contributed by atoms with Gasteiger partial charge in [-0.1, -0.05) is 29.8 Å². The van der Waals surface area contributed by atoms with Crippen molar-refractivity contribution in [3.05, 3.63) is 64.4 Å². The fourth-order valence-electron chi connectivity index (χ4n) is 4.64. The maximum atomic E-state index is 13.0. The molecule has 1 aromatic heterocycles. The smallest absolute Gasteiger partial charge is 0.384 e. The van der Waals surface area contributed by atoms with Crippen molar-refractivity contribution >= 4 is 32.7 Å². The van der Waals surface area contributed by atoms with Gasteiger partial charge >= 0.3 is 15.5 Å². The predicted molar refractivity (Wildman–Crippen MR) is 122 cm³/mol. The van der Waals surface area contributed by atoms with E-state index in [1.54, 1.807) is 24.3 Å². The highest BCUT2D eigenvalue weighted by molar-refractivity contribution is 7.90. The number of imidazole rings is 1. The average molecular weight is 514 g/mol. The lowest BCUT2D eigenvalue weighted by Crippen LogP contribution is -2.45. The van der Waals surface area contributed by atoms with Crippen molar-refractivity contribution in [3.63, 3.8) is 0 Å². The molecular formula is C23H23ClF3N3O3S. The number of sulfonamides is 1. The average Bonchev–Trinajstić information content (AvgIpc) is 3.58. The first kappa shape index (κ1) is 23.6. The van der Waals surface area contributed by atoms with E-state index in [0.717, 1.165) is 29.7 Å². The summed E-state index contributed by atoms with van der Waals surface area (Å²) in [5.41, 5.74) is -2.41. The minimum atomic E-state index is -5.33. The molecule has 1 atom stereocenters. The second-order valence-corrected chi connectivity index (χ2v) is 11.3. The Morgan fingerprint density at radius 1 is 1.00 bits per heavy atom. The molecule has 1 aliphatic carbocycles. The maximum Gasteiger partial charge on any atom is 0.511 e. The Kier molecular flexibility index (Phi) is 5.91. The molecule has 1 unspecified atom stereocenters. The molecule has 0 spiro atoms. The molecule has 1 saturated heterocycles. The van der Waals surface area contributed by atoms with Crippen LogP contribution in [0.1, 0.15) is 60.7 Å². The van der Waals surface area contributed by atoms with Crippen LogP contribution in [-0.4, -0.2) is 46.0 Å². The van der Waals surface area contributed by atoms with Crippen molar-refractivity contribution in [3.8, 4) is 0 Å². The summed E-state index contributed by atoms with van der Waals surface area (Å²) in [5, 5.41) is 11.5. The third-order valence-electron chi connectivity index (χ3n) is 6.61. The number of aliphatic hydroxyl groups excluding tert-OH is 1. The highest BCUT2D eigenvalue weighted by Gasteiger charge is 2.50. The Balaban J connectivity index is 1.47. The van der Waals surface area contributed by atoms with Gasteiger partial charge in [-0.25, -0.2) is 13.4 Å². The first-order valence-corrected chi connectivity index (χ1v) is 12.9. The number of piperidine rings is 1. The number of benzene rings is 2. The topological polar surface area (TPSA) is 75.4 Å². The SMILES string of the molecule is O=S(=O)(N1CCC(n2c(C3CC3)nc3ccc(C(O)c4ccc(Cl)cc4)cc32)CC1)C(F)(F)F. The van der Waals surface area contributed by atoms with Gasteiger partial charge in [-0.2, -0.15) is 17.5 Å². The van der Waals surface area contributed by atoms with Crippen molar-refractivity contribution in [2.45, 2.75) is 49.3 Å². The van der Waals surface area contributed by atoms with Gasteiger partial charge < -0.3 is 9.67 Å². The highest BCUT2D eigenvalue weighted by Crippen LogP contribution is 2.44. The number of hydrogen-bond acceptors (Lipinski definition) is 4. The molecule has 1 N–H and O–H groups in total. The molecule has 2 heterocycles. The van der Waals surface area contributed by atoms with Crippen LogP contribution in [0.4, 0.5) is 13.2 Å². The molecule has 0 bridgehead atoms. The third-order valence-corrected chi connectivity index (χ3v) is 8.49. The quantitative estimate of drug-likeness (QED) is 0.513. The van der Waals surface area contributed by atoms with Gasteiger partial charge in [0.25, 0.3) is 0 Å². The summed E-state index contributed by atoms with van der Waals surface area (Å²) < 4.78 is 65.2. The summed E-state index contributed by atoms with van der Waals surface area (Å²) >= 11 is 5.95. The first-order chi connectivity index (χ1) is 16.1. The molecular weight excluding hydrogens is 491 g/mol. The van der Waals surface area contributed by atoms with Crippen molar-refractivity contribution in [2.24, 2.45) is 0 Å². The standard InChI is InChI=1S/C23H23ClF3N3O3S/c24-17-6-3-14(4-7-17)21(31)16-5-8-19-20(13-16)30(22(28-19)15-1-2-15)18-9-11-29(12-10-18)34(32,33)23(25,26)27/h3-8,13,15,18,21,31H,1-2,9-12H2. The summed E-state index contributed by atoms with van der Waals surface area (Å²) in [6, 6.07) is 12.3. The molecule has 6 nitrogen and oxygen atoms in total. The second kappa shape index (κ2) is 8.51. The summed E-state index contributed by atoms with van der Waals surface area (Å²) in [4.78, 5) is 4.79. The zero-order chi connectivity index (χ0) is 24.3. The lowest BCUT2D eigenvalue weighted by Gasteiger charge is -2.33. The van der Waals surface area contributed by atoms with Gasteiger partial charge in [-0.05, 0) is 61.1 Å². The fraction of sp³-hybridized carbons (Fsp3) is 0.435. The van der Waals surface area contributed by atoms with Crippen LogP contribution < -0.4 is 0 Å². The van der Waals surface area contributed by atoms with Crippen LogP contribution in [-0.2, 0) is 10.0 Å². The van der Waals surface area contributed by atoms with Crippen LogP contribution in [0.25, 0.3) is 11.0 Å². The summed E-state index contributed by atoms with van der Waals surface area (Å²) in [7, 11) is -5.33. The van der Waals surface area contributed by atoms with E-state index >= 15 is 0 Å². The largest absolute Gasteiger partial charge is 0.511 e. The van der Waals surface area contributed by atoms with Crippen molar-refractivity contribution < 1.29 is 26.7 Å². The van der Waals surface area contributed by atoms with E-state index < -0.39 is 21.6 Å². The van der Waals surface area contributed by atoms with E-state index in [9.17, 15) is 26.7 Å². The van der Waals surface area contributed by atoms with Gasteiger partial charge in [0.1, 0.15) is 11.9 Å². The number of alkyl halides is 3. The van der Waals surface area contributed by atoms with Crippen LogP contribution in [0.5, 0.6) is 0 Å². The zero-order valence-electron chi connectivity index (χ0n) is 18.0. The molecule has 2 fully saturated rings. The molecule has 5 rings (SSSR count). The third kappa shape index (κ3) is 4.21. The van der Waals surface area contributed by atoms with Crippen LogP contribution in [0.3, 0.4) is 0 Å². The summed E-state index contributed by atoms with van der Waals surface area (Å²) in [6.07, 6.45) is 1.61. The Hall–Kier alpha value is -2.14. The lowest BCUT2D eigenvalue weighted by atomic mass is 10.0. The van der Waals surface area contributed by atoms with Gasteiger partial charge in [-0.15, -0.1) is 0 Å². The van der Waals surface area contributed by atoms with Crippen LogP contribution in [0.15, 0.2) is 42.5 Å². The Labute approximate surface area is 200 Å². The van der Waals surface area contributed by atoms with Crippen LogP contribution in [0, 0.1) is 0 Å². The molecule has 182 valence electrons. The van der Waals surface area contributed by atoms with Gasteiger partial charge in [0.15, 0.2) is 0 Å². The Morgan fingerprint density at radius 3 is 2.21 bits per heavy atom. The molecule has 2 aromatic carbocycles. The van der Waals surface area contributed by atoms with Gasteiger partial charge in [0.2, 0.25) is 0 Å². The van der Waals surface area contributed by atoms with E-state index in [-0.39, 0.29) is 37.9 Å². The van der Waals surface area contributed by atoms with E-state index in [1.165, 1.54) is 0 Å². The first-order valence-electron chi connectivity index (χ1n) is 11.1. The number of rotatable bonds is 5. The van der Waals surface area contributed by atoms with E-state index in [2.05, 4.69) is 4.57 Å². The van der Waals surface area contributed by atoms with Crippen molar-refractivity contribution in [2.75, 3.05) is 13.1 Å². The predicted octanol–water partition coefficient (Wildman–Crippen LogP) is 5.14. The van der Waals surface area contributed by atoms with Gasteiger partial charge in [0.05, 0.1) is 11.0 Å².